The quantitative estimate of drug-likeness (QED) is 0.723. The zero-order valence-electron chi connectivity index (χ0n) is 14.6. The van der Waals surface area contributed by atoms with Gasteiger partial charge in [0.25, 0.3) is 0 Å². The molecule has 140 valence electrons. The van der Waals surface area contributed by atoms with E-state index in [1.54, 1.807) is 0 Å². The fourth-order valence-electron chi connectivity index (χ4n) is 3.09. The molecule has 1 aromatic carbocycles. The molecule has 1 fully saturated rings. The average molecular weight is 404 g/mol. The molecule has 1 aliphatic heterocycles. The number of ether oxygens (including phenoxy) is 1. The van der Waals surface area contributed by atoms with Crippen LogP contribution in [0.2, 0.25) is 5.02 Å². The number of nitrogens with zero attached hydrogens (tertiary/aromatic N) is 4. The Morgan fingerprint density at radius 1 is 1.44 bits per heavy atom. The van der Waals surface area contributed by atoms with Gasteiger partial charge in [0, 0.05) is 16.0 Å². The van der Waals surface area contributed by atoms with Gasteiger partial charge in [-0.25, -0.2) is 9.97 Å². The van der Waals surface area contributed by atoms with Crippen molar-refractivity contribution >= 4 is 28.8 Å². The number of nitrogens with one attached hydrogen (secondary N) is 1. The van der Waals surface area contributed by atoms with Gasteiger partial charge in [-0.15, -0.1) is 11.3 Å². The summed E-state index contributed by atoms with van der Waals surface area (Å²) in [4.78, 5) is 23.3. The van der Waals surface area contributed by atoms with Crippen LogP contribution < -0.4 is 0 Å². The molecule has 2 aromatic heterocycles. The Morgan fingerprint density at radius 3 is 3.07 bits per heavy atom. The fourth-order valence-corrected chi connectivity index (χ4v) is 4.11. The molecule has 2 atom stereocenters. The summed E-state index contributed by atoms with van der Waals surface area (Å²) in [5.74, 6) is 0.634. The van der Waals surface area contributed by atoms with E-state index < -0.39 is 0 Å². The Morgan fingerprint density at radius 2 is 2.30 bits per heavy atom. The topological polar surface area (TPSA) is 84.0 Å². The lowest BCUT2D eigenvalue weighted by molar-refractivity contribution is -0.143. The van der Waals surface area contributed by atoms with E-state index >= 15 is 0 Å². The first-order chi connectivity index (χ1) is 13.1. The number of carbonyl (C=O) groups excluding carboxylic acids is 1. The maximum atomic E-state index is 12.9. The fraction of sp³-hybridized carbons (Fsp3) is 0.333. The van der Waals surface area contributed by atoms with Gasteiger partial charge in [0.15, 0.2) is 10.8 Å². The minimum absolute atomic E-state index is 0.00335. The lowest BCUT2D eigenvalue weighted by Crippen LogP contribution is -2.48. The van der Waals surface area contributed by atoms with Crippen molar-refractivity contribution in [3.63, 3.8) is 0 Å². The Labute approximate surface area is 165 Å². The summed E-state index contributed by atoms with van der Waals surface area (Å²) in [6.45, 7) is 2.94. The Hall–Kier alpha value is -2.29. The summed E-state index contributed by atoms with van der Waals surface area (Å²) >= 11 is 7.73. The van der Waals surface area contributed by atoms with Gasteiger partial charge in [-0.2, -0.15) is 5.10 Å². The number of aromatic amines is 1. The number of hydrogen-bond acceptors (Lipinski definition) is 6. The van der Waals surface area contributed by atoms with E-state index in [9.17, 15) is 4.79 Å². The van der Waals surface area contributed by atoms with Crippen LogP contribution in [0.15, 0.2) is 36.0 Å². The number of benzene rings is 1. The molecule has 3 aromatic rings. The molecule has 4 rings (SSSR count). The van der Waals surface area contributed by atoms with Crippen LogP contribution in [0.25, 0.3) is 10.8 Å². The van der Waals surface area contributed by atoms with Crippen molar-refractivity contribution in [2.24, 2.45) is 0 Å². The highest BCUT2D eigenvalue weighted by atomic mass is 35.5. The predicted octanol–water partition coefficient (Wildman–Crippen LogP) is 3.11. The summed E-state index contributed by atoms with van der Waals surface area (Å²) in [6, 6.07) is 7.59. The number of rotatable bonds is 4. The number of H-pyrrole nitrogens is 1. The van der Waals surface area contributed by atoms with Crippen LogP contribution in [-0.2, 0) is 16.0 Å². The zero-order chi connectivity index (χ0) is 18.8. The van der Waals surface area contributed by atoms with Crippen LogP contribution >= 0.6 is 22.9 Å². The third kappa shape index (κ3) is 3.87. The van der Waals surface area contributed by atoms with Crippen LogP contribution in [-0.4, -0.2) is 50.2 Å². The van der Waals surface area contributed by atoms with Gasteiger partial charge in [-0.1, -0.05) is 29.8 Å². The SMILES string of the molecule is CC1COC(c2ccccc2Cl)CN1C(=O)Cc1csc(-c2ncn[nH]2)n1. The van der Waals surface area contributed by atoms with E-state index in [-0.39, 0.29) is 24.5 Å². The van der Waals surface area contributed by atoms with E-state index in [1.165, 1.54) is 17.7 Å². The summed E-state index contributed by atoms with van der Waals surface area (Å²) in [5.41, 5.74) is 1.63. The average Bonchev–Trinajstić information content (AvgIpc) is 3.34. The third-order valence-electron chi connectivity index (χ3n) is 4.51. The van der Waals surface area contributed by atoms with Gasteiger partial charge in [-0.05, 0) is 13.0 Å². The first-order valence-corrected chi connectivity index (χ1v) is 9.83. The highest BCUT2D eigenvalue weighted by molar-refractivity contribution is 7.13. The normalized spacial score (nSPS) is 20.0. The van der Waals surface area contributed by atoms with E-state index in [0.29, 0.717) is 24.0 Å². The number of morpholine rings is 1. The molecular formula is C18H18ClN5O2S. The molecule has 7 nitrogen and oxygen atoms in total. The second kappa shape index (κ2) is 7.75. The van der Waals surface area contributed by atoms with Gasteiger partial charge in [-0.3, -0.25) is 9.89 Å². The molecule has 0 spiro atoms. The van der Waals surface area contributed by atoms with Crippen molar-refractivity contribution in [2.45, 2.75) is 25.5 Å². The molecule has 1 aliphatic rings. The molecule has 27 heavy (non-hydrogen) atoms. The molecule has 0 bridgehead atoms. The second-order valence-electron chi connectivity index (χ2n) is 6.39. The Balaban J connectivity index is 1.46. The van der Waals surface area contributed by atoms with Gasteiger partial charge in [0.1, 0.15) is 12.4 Å². The summed E-state index contributed by atoms with van der Waals surface area (Å²) in [5, 5.41) is 9.87. The highest BCUT2D eigenvalue weighted by Crippen LogP contribution is 2.30. The molecular weight excluding hydrogens is 386 g/mol. The largest absolute Gasteiger partial charge is 0.369 e. The van der Waals surface area contributed by atoms with Crippen molar-refractivity contribution < 1.29 is 9.53 Å². The van der Waals surface area contributed by atoms with Crippen molar-refractivity contribution in [3.05, 3.63) is 52.3 Å². The van der Waals surface area contributed by atoms with Crippen molar-refractivity contribution in [1.29, 1.82) is 0 Å². The smallest absolute Gasteiger partial charge is 0.229 e. The first kappa shape index (κ1) is 18.1. The lowest BCUT2D eigenvalue weighted by Gasteiger charge is -2.38. The summed E-state index contributed by atoms with van der Waals surface area (Å²) < 4.78 is 5.93. The van der Waals surface area contributed by atoms with E-state index in [4.69, 9.17) is 16.3 Å². The minimum Gasteiger partial charge on any atom is -0.369 e. The molecule has 1 amide bonds. The molecule has 3 heterocycles. The van der Waals surface area contributed by atoms with Crippen molar-refractivity contribution in [3.8, 4) is 10.8 Å². The first-order valence-electron chi connectivity index (χ1n) is 8.57. The Kier molecular flexibility index (Phi) is 5.20. The van der Waals surface area contributed by atoms with Gasteiger partial charge < -0.3 is 9.64 Å². The molecule has 0 radical (unpaired) electrons. The number of thiazole rings is 1. The van der Waals surface area contributed by atoms with Crippen LogP contribution in [0.3, 0.4) is 0 Å². The molecule has 1 saturated heterocycles. The van der Waals surface area contributed by atoms with Gasteiger partial charge >= 0.3 is 0 Å². The second-order valence-corrected chi connectivity index (χ2v) is 7.66. The number of amides is 1. The molecule has 1 N–H and O–H groups in total. The Bertz CT molecular complexity index is 929. The number of carbonyl (C=O) groups is 1. The number of aromatic nitrogens is 4. The maximum Gasteiger partial charge on any atom is 0.229 e. The van der Waals surface area contributed by atoms with Crippen molar-refractivity contribution in [1.82, 2.24) is 25.1 Å². The standard InChI is InChI=1S/C18H18ClN5O2S/c1-11-8-26-15(13-4-2-3-5-14(13)19)7-24(11)16(25)6-12-9-27-18(22-12)17-20-10-21-23-17/h2-5,9-11,15H,6-8H2,1H3,(H,20,21,23). The van der Waals surface area contributed by atoms with Crippen LogP contribution in [0.4, 0.5) is 0 Å². The van der Waals surface area contributed by atoms with E-state index in [2.05, 4.69) is 20.2 Å². The van der Waals surface area contributed by atoms with Gasteiger partial charge in [0.2, 0.25) is 5.91 Å². The molecule has 0 aliphatic carbocycles. The van der Waals surface area contributed by atoms with E-state index in [1.807, 2.05) is 41.5 Å². The summed E-state index contributed by atoms with van der Waals surface area (Å²) in [6.07, 6.45) is 1.45. The maximum absolute atomic E-state index is 12.9. The highest BCUT2D eigenvalue weighted by Gasteiger charge is 2.31. The van der Waals surface area contributed by atoms with Crippen LogP contribution in [0.1, 0.15) is 24.3 Å². The molecule has 2 unspecified atom stereocenters. The number of halogens is 1. The monoisotopic (exact) mass is 403 g/mol. The predicted molar refractivity (Wildman–Crippen MR) is 103 cm³/mol. The third-order valence-corrected chi connectivity index (χ3v) is 5.75. The van der Waals surface area contributed by atoms with E-state index in [0.717, 1.165) is 16.3 Å². The van der Waals surface area contributed by atoms with Crippen molar-refractivity contribution in [2.75, 3.05) is 13.2 Å². The zero-order valence-corrected chi connectivity index (χ0v) is 16.2. The van der Waals surface area contributed by atoms with Gasteiger partial charge in [0.05, 0.1) is 31.3 Å². The lowest BCUT2D eigenvalue weighted by atomic mass is 10.1. The van der Waals surface area contributed by atoms with Crippen LogP contribution in [0.5, 0.6) is 0 Å². The van der Waals surface area contributed by atoms with Crippen LogP contribution in [0, 0.1) is 0 Å². The summed E-state index contributed by atoms with van der Waals surface area (Å²) in [7, 11) is 0. The number of hydrogen-bond donors (Lipinski definition) is 1. The molecule has 0 saturated carbocycles. The molecule has 9 heteroatoms. The minimum atomic E-state index is -0.223.